The molecule has 2 rings (SSSR count). The molecule has 2 aromatic heterocycles. The van der Waals surface area contributed by atoms with Gasteiger partial charge in [-0.25, -0.2) is 9.97 Å². The summed E-state index contributed by atoms with van der Waals surface area (Å²) >= 11 is 5.04. The van der Waals surface area contributed by atoms with E-state index < -0.39 is 0 Å². The van der Waals surface area contributed by atoms with E-state index >= 15 is 0 Å². The molecule has 0 aliphatic rings. The van der Waals surface area contributed by atoms with E-state index in [2.05, 4.69) is 31.2 Å². The Hall–Kier alpha value is -0.940. The summed E-state index contributed by atoms with van der Waals surface area (Å²) in [5, 5.41) is 7.26. The zero-order chi connectivity index (χ0) is 9.97. The molecular weight excluding hydrogens is 262 g/mol. The summed E-state index contributed by atoms with van der Waals surface area (Å²) in [5.41, 5.74) is 1.05. The predicted octanol–water partition coefficient (Wildman–Crippen LogP) is 3.35. The van der Waals surface area contributed by atoms with Gasteiger partial charge in [0.2, 0.25) is 0 Å². The zero-order valence-electron chi connectivity index (χ0n) is 7.49. The maximum absolute atomic E-state index is 4.28. The number of hydrogen-bond donors (Lipinski definition) is 1. The third kappa shape index (κ3) is 2.10. The van der Waals surface area contributed by atoms with Crippen LogP contribution in [0.25, 0.3) is 0 Å². The summed E-state index contributed by atoms with van der Waals surface area (Å²) in [6, 6.07) is 2.01. The lowest BCUT2D eigenvalue weighted by atomic mass is 10.5. The largest absolute Gasteiger partial charge is 0.338 e. The Morgan fingerprint density at radius 3 is 3.07 bits per heavy atom. The number of halogens is 1. The molecule has 0 unspecified atom stereocenters. The highest BCUT2D eigenvalue weighted by molar-refractivity contribution is 9.10. The normalized spacial score (nSPS) is 10.1. The van der Waals surface area contributed by atoms with Crippen LogP contribution in [0.1, 0.15) is 5.82 Å². The molecule has 0 aromatic carbocycles. The van der Waals surface area contributed by atoms with Crippen molar-refractivity contribution in [2.24, 2.45) is 0 Å². The third-order valence-corrected chi connectivity index (χ3v) is 2.91. The molecule has 3 nitrogen and oxygen atoms in total. The first-order chi connectivity index (χ1) is 6.75. The van der Waals surface area contributed by atoms with Crippen LogP contribution in [0.2, 0.25) is 0 Å². The van der Waals surface area contributed by atoms with Crippen molar-refractivity contribution >= 4 is 38.8 Å². The minimum absolute atomic E-state index is 0.755. The molecule has 0 aliphatic heterocycles. The lowest BCUT2D eigenvalue weighted by Crippen LogP contribution is -1.96. The predicted molar refractivity (Wildman–Crippen MR) is 62.1 cm³/mol. The molecule has 0 bridgehead atoms. The molecule has 0 saturated heterocycles. The fourth-order valence-electron chi connectivity index (χ4n) is 1.02. The van der Waals surface area contributed by atoms with Crippen molar-refractivity contribution in [3.8, 4) is 0 Å². The maximum atomic E-state index is 4.28. The minimum Gasteiger partial charge on any atom is -0.338 e. The molecule has 0 amide bonds. The average molecular weight is 270 g/mol. The van der Waals surface area contributed by atoms with Gasteiger partial charge in [-0.2, -0.15) is 11.3 Å². The Morgan fingerprint density at radius 1 is 1.50 bits per heavy atom. The molecule has 0 fully saturated rings. The number of hydrogen-bond acceptors (Lipinski definition) is 4. The molecule has 2 aromatic rings. The fourth-order valence-corrected chi connectivity index (χ4v) is 1.89. The van der Waals surface area contributed by atoms with Crippen molar-refractivity contribution in [3.05, 3.63) is 33.3 Å². The van der Waals surface area contributed by atoms with E-state index in [0.717, 1.165) is 21.8 Å². The van der Waals surface area contributed by atoms with Crippen molar-refractivity contribution in [2.75, 3.05) is 5.32 Å². The Bertz CT molecular complexity index is 428. The standard InChI is InChI=1S/C9H8BrN3S/c1-6-11-4-8(10)9(12-6)13-7-2-3-14-5-7/h2-5H,1H3,(H,11,12,13). The Labute approximate surface area is 94.4 Å². The molecule has 0 saturated carbocycles. The van der Waals surface area contributed by atoms with Gasteiger partial charge in [-0.3, -0.25) is 0 Å². The Balaban J connectivity index is 2.28. The van der Waals surface area contributed by atoms with Crippen LogP contribution in [0, 0.1) is 6.92 Å². The second-order valence-electron chi connectivity index (χ2n) is 2.75. The van der Waals surface area contributed by atoms with Gasteiger partial charge in [0.25, 0.3) is 0 Å². The number of rotatable bonds is 2. The third-order valence-electron chi connectivity index (χ3n) is 1.65. The van der Waals surface area contributed by atoms with Crippen LogP contribution in [0.3, 0.4) is 0 Å². The second kappa shape index (κ2) is 4.06. The molecule has 14 heavy (non-hydrogen) atoms. The average Bonchev–Trinajstić information content (AvgIpc) is 2.64. The first-order valence-corrected chi connectivity index (χ1v) is 5.77. The van der Waals surface area contributed by atoms with Crippen molar-refractivity contribution in [1.82, 2.24) is 9.97 Å². The van der Waals surface area contributed by atoms with Gasteiger partial charge in [0.05, 0.1) is 10.2 Å². The first kappa shape index (κ1) is 9.61. The van der Waals surface area contributed by atoms with E-state index in [0.29, 0.717) is 0 Å². The summed E-state index contributed by atoms with van der Waals surface area (Å²) < 4.78 is 0.870. The molecule has 5 heteroatoms. The number of aromatic nitrogens is 2. The minimum atomic E-state index is 0.755. The Kier molecular flexibility index (Phi) is 2.79. The van der Waals surface area contributed by atoms with Crippen molar-refractivity contribution in [3.63, 3.8) is 0 Å². The molecule has 0 spiro atoms. The summed E-state index contributed by atoms with van der Waals surface area (Å²) in [5.74, 6) is 1.56. The molecule has 0 aliphatic carbocycles. The molecule has 0 radical (unpaired) electrons. The van der Waals surface area contributed by atoms with Gasteiger partial charge in [0.15, 0.2) is 0 Å². The molecule has 72 valence electrons. The molecule has 1 N–H and O–H groups in total. The molecular formula is C9H8BrN3S. The van der Waals surface area contributed by atoms with Gasteiger partial charge in [0.1, 0.15) is 11.6 Å². The molecule has 2 heterocycles. The van der Waals surface area contributed by atoms with Gasteiger partial charge in [-0.1, -0.05) is 0 Å². The van der Waals surface area contributed by atoms with Crippen LogP contribution in [-0.4, -0.2) is 9.97 Å². The maximum Gasteiger partial charge on any atom is 0.148 e. The quantitative estimate of drug-likeness (QED) is 0.909. The monoisotopic (exact) mass is 269 g/mol. The van der Waals surface area contributed by atoms with E-state index in [9.17, 15) is 0 Å². The van der Waals surface area contributed by atoms with Crippen LogP contribution < -0.4 is 5.32 Å². The van der Waals surface area contributed by atoms with E-state index in [-0.39, 0.29) is 0 Å². The lowest BCUT2D eigenvalue weighted by Gasteiger charge is -2.05. The van der Waals surface area contributed by atoms with E-state index in [4.69, 9.17) is 0 Å². The van der Waals surface area contributed by atoms with Crippen LogP contribution in [0.15, 0.2) is 27.5 Å². The number of nitrogens with zero attached hydrogens (tertiary/aromatic N) is 2. The van der Waals surface area contributed by atoms with Gasteiger partial charge >= 0.3 is 0 Å². The SMILES string of the molecule is Cc1ncc(Br)c(Nc2ccsc2)n1. The summed E-state index contributed by atoms with van der Waals surface area (Å²) in [7, 11) is 0. The highest BCUT2D eigenvalue weighted by Crippen LogP contribution is 2.23. The highest BCUT2D eigenvalue weighted by Gasteiger charge is 2.02. The van der Waals surface area contributed by atoms with E-state index in [1.807, 2.05) is 23.8 Å². The number of aryl methyl sites for hydroxylation is 1. The van der Waals surface area contributed by atoms with Crippen LogP contribution >= 0.6 is 27.3 Å². The van der Waals surface area contributed by atoms with Crippen molar-refractivity contribution in [1.29, 1.82) is 0 Å². The van der Waals surface area contributed by atoms with Crippen molar-refractivity contribution in [2.45, 2.75) is 6.92 Å². The van der Waals surface area contributed by atoms with Gasteiger partial charge in [-0.05, 0) is 34.3 Å². The summed E-state index contributed by atoms with van der Waals surface area (Å²) in [4.78, 5) is 8.36. The van der Waals surface area contributed by atoms with Gasteiger partial charge in [0, 0.05) is 11.6 Å². The topological polar surface area (TPSA) is 37.8 Å². The number of nitrogens with one attached hydrogen (secondary N) is 1. The molecule has 0 atom stereocenters. The van der Waals surface area contributed by atoms with E-state index in [1.54, 1.807) is 17.5 Å². The van der Waals surface area contributed by atoms with Crippen LogP contribution in [-0.2, 0) is 0 Å². The summed E-state index contributed by atoms with van der Waals surface area (Å²) in [6.45, 7) is 1.87. The number of anilines is 2. The number of thiophene rings is 1. The fraction of sp³-hybridized carbons (Fsp3) is 0.111. The Morgan fingerprint density at radius 2 is 2.36 bits per heavy atom. The van der Waals surface area contributed by atoms with E-state index in [1.165, 1.54) is 0 Å². The van der Waals surface area contributed by atoms with Crippen LogP contribution in [0.5, 0.6) is 0 Å². The second-order valence-corrected chi connectivity index (χ2v) is 4.39. The smallest absolute Gasteiger partial charge is 0.148 e. The zero-order valence-corrected chi connectivity index (χ0v) is 9.89. The lowest BCUT2D eigenvalue weighted by molar-refractivity contribution is 1.05. The first-order valence-electron chi connectivity index (χ1n) is 4.04. The van der Waals surface area contributed by atoms with Gasteiger partial charge in [-0.15, -0.1) is 0 Å². The highest BCUT2D eigenvalue weighted by atomic mass is 79.9. The van der Waals surface area contributed by atoms with Crippen LogP contribution in [0.4, 0.5) is 11.5 Å². The summed E-state index contributed by atoms with van der Waals surface area (Å²) in [6.07, 6.45) is 1.75. The van der Waals surface area contributed by atoms with Gasteiger partial charge < -0.3 is 5.32 Å². The van der Waals surface area contributed by atoms with Crippen molar-refractivity contribution < 1.29 is 0 Å².